The third-order valence-corrected chi connectivity index (χ3v) is 5.72. The molecule has 0 bridgehead atoms. The van der Waals surface area contributed by atoms with E-state index in [4.69, 9.17) is 0 Å². The van der Waals surface area contributed by atoms with E-state index in [2.05, 4.69) is 43.0 Å². The molecule has 26 heavy (non-hydrogen) atoms. The maximum Gasteiger partial charge on any atom is 0.244 e. The minimum atomic E-state index is -0.289. The molecule has 8 heteroatoms. The molecule has 4 rings (SSSR count). The minimum Gasteiger partial charge on any atom is -0.355 e. The Labute approximate surface area is 156 Å². The Balaban J connectivity index is 1.31. The SMILES string of the molecule is CC(C(=O)NC1CCN(c2cc(-c3cccs3)[nH]n2)CC1)n1cccn1. The molecule has 3 aromatic rings. The van der Waals surface area contributed by atoms with Gasteiger partial charge in [0.2, 0.25) is 5.91 Å². The second-order valence-electron chi connectivity index (χ2n) is 6.55. The third kappa shape index (κ3) is 3.50. The van der Waals surface area contributed by atoms with E-state index in [-0.39, 0.29) is 18.0 Å². The van der Waals surface area contributed by atoms with Crippen LogP contribution in [0.2, 0.25) is 0 Å². The third-order valence-electron chi connectivity index (χ3n) is 4.82. The fourth-order valence-electron chi connectivity index (χ4n) is 3.24. The maximum absolute atomic E-state index is 12.4. The summed E-state index contributed by atoms with van der Waals surface area (Å²) in [5, 5.41) is 16.9. The van der Waals surface area contributed by atoms with Gasteiger partial charge in [-0.15, -0.1) is 11.3 Å². The summed E-state index contributed by atoms with van der Waals surface area (Å²) < 4.78 is 1.68. The van der Waals surface area contributed by atoms with Crippen molar-refractivity contribution in [1.29, 1.82) is 0 Å². The molecule has 1 aliphatic heterocycles. The van der Waals surface area contributed by atoms with Crippen LogP contribution in [0.4, 0.5) is 5.82 Å². The summed E-state index contributed by atoms with van der Waals surface area (Å²) in [7, 11) is 0. The fourth-order valence-corrected chi connectivity index (χ4v) is 3.93. The molecule has 1 saturated heterocycles. The quantitative estimate of drug-likeness (QED) is 0.724. The van der Waals surface area contributed by atoms with Gasteiger partial charge in [0.1, 0.15) is 6.04 Å². The van der Waals surface area contributed by atoms with E-state index in [1.807, 2.05) is 25.3 Å². The van der Waals surface area contributed by atoms with Crippen molar-refractivity contribution in [2.75, 3.05) is 18.0 Å². The van der Waals surface area contributed by atoms with Gasteiger partial charge in [-0.05, 0) is 37.3 Å². The summed E-state index contributed by atoms with van der Waals surface area (Å²) in [6.45, 7) is 3.64. The maximum atomic E-state index is 12.4. The van der Waals surface area contributed by atoms with Crippen LogP contribution in [-0.2, 0) is 4.79 Å². The van der Waals surface area contributed by atoms with Crippen LogP contribution in [0.5, 0.6) is 0 Å². The van der Waals surface area contributed by atoms with Crippen LogP contribution < -0.4 is 10.2 Å². The Morgan fingerprint density at radius 2 is 2.23 bits per heavy atom. The Bertz CT molecular complexity index is 833. The van der Waals surface area contributed by atoms with Gasteiger partial charge in [0, 0.05) is 37.6 Å². The first-order valence-electron chi connectivity index (χ1n) is 8.84. The summed E-state index contributed by atoms with van der Waals surface area (Å²) in [5.74, 6) is 0.995. The molecule has 1 atom stereocenters. The van der Waals surface area contributed by atoms with E-state index >= 15 is 0 Å². The van der Waals surface area contributed by atoms with Crippen molar-refractivity contribution >= 4 is 23.1 Å². The lowest BCUT2D eigenvalue weighted by molar-refractivity contribution is -0.125. The number of rotatable bonds is 5. The number of carbonyl (C=O) groups excluding carboxylic acids is 1. The standard InChI is InChI=1S/C18H22N6OS/c1-13(24-8-3-7-19-24)18(25)20-14-5-9-23(10-6-14)17-12-15(21-22-17)16-4-2-11-26-16/h2-4,7-8,11-14H,5-6,9-10H2,1H3,(H,20,25)(H,21,22). The second kappa shape index (κ2) is 7.33. The molecule has 1 aliphatic rings. The number of H-pyrrole nitrogens is 1. The largest absolute Gasteiger partial charge is 0.355 e. The highest BCUT2D eigenvalue weighted by Gasteiger charge is 2.24. The van der Waals surface area contributed by atoms with Crippen molar-refractivity contribution in [2.45, 2.75) is 31.8 Å². The minimum absolute atomic E-state index is 0.0203. The van der Waals surface area contributed by atoms with Gasteiger partial charge in [-0.25, -0.2) is 0 Å². The summed E-state index contributed by atoms with van der Waals surface area (Å²) in [5.41, 5.74) is 1.05. The van der Waals surface area contributed by atoms with Gasteiger partial charge in [-0.1, -0.05) is 6.07 Å². The van der Waals surface area contributed by atoms with E-state index in [0.717, 1.165) is 37.4 Å². The van der Waals surface area contributed by atoms with Gasteiger partial charge < -0.3 is 10.2 Å². The molecule has 2 N–H and O–H groups in total. The lowest BCUT2D eigenvalue weighted by Gasteiger charge is -2.32. The number of hydrogen-bond donors (Lipinski definition) is 2. The monoisotopic (exact) mass is 370 g/mol. The first kappa shape index (κ1) is 16.8. The molecular weight excluding hydrogens is 348 g/mol. The van der Waals surface area contributed by atoms with Gasteiger partial charge >= 0.3 is 0 Å². The van der Waals surface area contributed by atoms with Crippen LogP contribution in [0.15, 0.2) is 42.0 Å². The first-order chi connectivity index (χ1) is 12.7. The van der Waals surface area contributed by atoms with Crippen molar-refractivity contribution in [3.05, 3.63) is 42.0 Å². The molecule has 0 aliphatic carbocycles. The van der Waals surface area contributed by atoms with Crippen LogP contribution in [0.1, 0.15) is 25.8 Å². The van der Waals surface area contributed by atoms with Crippen molar-refractivity contribution in [2.24, 2.45) is 0 Å². The fraction of sp³-hybridized carbons (Fsp3) is 0.389. The Morgan fingerprint density at radius 1 is 1.38 bits per heavy atom. The topological polar surface area (TPSA) is 78.8 Å². The van der Waals surface area contributed by atoms with Crippen molar-refractivity contribution in [1.82, 2.24) is 25.3 Å². The van der Waals surface area contributed by atoms with Gasteiger partial charge in [0.25, 0.3) is 0 Å². The first-order valence-corrected chi connectivity index (χ1v) is 9.72. The van der Waals surface area contributed by atoms with E-state index in [9.17, 15) is 4.79 Å². The number of piperidine rings is 1. The predicted molar refractivity (Wildman–Crippen MR) is 102 cm³/mol. The molecule has 3 aromatic heterocycles. The second-order valence-corrected chi connectivity index (χ2v) is 7.50. The van der Waals surface area contributed by atoms with Crippen molar-refractivity contribution in [3.8, 4) is 10.6 Å². The number of anilines is 1. The van der Waals surface area contributed by atoms with Gasteiger partial charge in [-0.2, -0.15) is 10.2 Å². The van der Waals surface area contributed by atoms with E-state index < -0.39 is 0 Å². The number of aromatic amines is 1. The molecule has 4 heterocycles. The van der Waals surface area contributed by atoms with Crippen molar-refractivity contribution in [3.63, 3.8) is 0 Å². The smallest absolute Gasteiger partial charge is 0.244 e. The average molecular weight is 370 g/mol. The highest BCUT2D eigenvalue weighted by atomic mass is 32.1. The van der Waals surface area contributed by atoms with E-state index in [0.29, 0.717) is 0 Å². The molecule has 1 amide bonds. The molecule has 136 valence electrons. The van der Waals surface area contributed by atoms with Gasteiger partial charge in [0.15, 0.2) is 5.82 Å². The van der Waals surface area contributed by atoms with E-state index in [1.54, 1.807) is 22.2 Å². The van der Waals surface area contributed by atoms with Crippen LogP contribution in [-0.4, -0.2) is 45.0 Å². The molecule has 7 nitrogen and oxygen atoms in total. The average Bonchev–Trinajstić information content (AvgIpc) is 3.43. The molecule has 0 spiro atoms. The summed E-state index contributed by atoms with van der Waals surface area (Å²) >= 11 is 1.70. The number of nitrogens with zero attached hydrogens (tertiary/aromatic N) is 4. The summed E-state index contributed by atoms with van der Waals surface area (Å²) in [4.78, 5) is 15.9. The lowest BCUT2D eigenvalue weighted by Crippen LogP contribution is -2.46. The highest BCUT2D eigenvalue weighted by molar-refractivity contribution is 7.13. The Morgan fingerprint density at radius 3 is 2.92 bits per heavy atom. The van der Waals surface area contributed by atoms with Crippen LogP contribution in [0.25, 0.3) is 10.6 Å². The molecule has 0 saturated carbocycles. The molecule has 0 aromatic carbocycles. The number of amides is 1. The molecule has 1 unspecified atom stereocenters. The predicted octanol–water partition coefficient (Wildman–Crippen LogP) is 2.68. The Kier molecular flexibility index (Phi) is 4.75. The lowest BCUT2D eigenvalue weighted by atomic mass is 10.0. The summed E-state index contributed by atoms with van der Waals surface area (Å²) in [6, 6.07) is 7.97. The van der Waals surface area contributed by atoms with Crippen LogP contribution >= 0.6 is 11.3 Å². The number of thiophene rings is 1. The summed E-state index contributed by atoms with van der Waals surface area (Å²) in [6.07, 6.45) is 5.34. The van der Waals surface area contributed by atoms with E-state index in [1.165, 1.54) is 4.88 Å². The van der Waals surface area contributed by atoms with Gasteiger partial charge in [-0.3, -0.25) is 14.6 Å². The Hall–Kier alpha value is -2.61. The number of hydrogen-bond acceptors (Lipinski definition) is 5. The highest BCUT2D eigenvalue weighted by Crippen LogP contribution is 2.27. The van der Waals surface area contributed by atoms with Crippen LogP contribution in [0.3, 0.4) is 0 Å². The molecular formula is C18H22N6OS. The molecule has 1 fully saturated rings. The number of aromatic nitrogens is 4. The van der Waals surface area contributed by atoms with Crippen molar-refractivity contribution < 1.29 is 4.79 Å². The zero-order valence-electron chi connectivity index (χ0n) is 14.6. The molecule has 0 radical (unpaired) electrons. The zero-order valence-corrected chi connectivity index (χ0v) is 15.4. The van der Waals surface area contributed by atoms with Gasteiger partial charge in [0.05, 0.1) is 10.6 Å². The normalized spacial score (nSPS) is 16.6. The zero-order chi connectivity index (χ0) is 17.9. The number of carbonyl (C=O) groups is 1. The van der Waals surface area contributed by atoms with Crippen LogP contribution in [0, 0.1) is 0 Å². The number of nitrogens with one attached hydrogen (secondary N) is 2.